The largest absolute Gasteiger partial charge is 0.434 e. The first-order chi connectivity index (χ1) is 22.5. The van der Waals surface area contributed by atoms with Crippen molar-refractivity contribution >= 4 is 17.6 Å². The van der Waals surface area contributed by atoms with Crippen LogP contribution in [0, 0.1) is 22.6 Å². The summed E-state index contributed by atoms with van der Waals surface area (Å²) in [5.74, 6) is 1.12. The summed E-state index contributed by atoms with van der Waals surface area (Å²) < 4.78 is 26.0. The predicted octanol–water partition coefficient (Wildman–Crippen LogP) is 4.43. The summed E-state index contributed by atoms with van der Waals surface area (Å²) in [5, 5.41) is 11.6. The number of carbonyl (C=O) groups excluding carboxylic acids is 2. The molecular weight excluding hydrogens is 601 g/mol. The summed E-state index contributed by atoms with van der Waals surface area (Å²) in [6, 6.07) is 3.85. The predicted molar refractivity (Wildman–Crippen MR) is 174 cm³/mol. The van der Waals surface area contributed by atoms with E-state index in [-0.39, 0.29) is 57.5 Å². The normalized spacial score (nSPS) is 26.5. The number of hydrogen-bond acceptors (Lipinski definition) is 9. The number of benzene rings is 1. The summed E-state index contributed by atoms with van der Waals surface area (Å²) >= 11 is 0. The standard InChI is InChI=1S/C35H48FN7O4/c1-23(2)43(24(3)4)31(44)27-15-26(36)5-6-28(27)47-30-29(37-22-38-40-30)42-18-33(19-42)11-13-41(14-12-33)16-25-7-9-35(10-8-25)17-34(20-46-21-34)32(45)39-35/h5-6,15,22-25H,7-14,16-21H2,1-4H3,(H,39,45). The maximum atomic E-state index is 14.4. The number of halogens is 1. The lowest BCUT2D eigenvalue weighted by molar-refractivity contribution is -0.155. The number of amides is 2. The van der Waals surface area contributed by atoms with Crippen molar-refractivity contribution in [1.82, 2.24) is 30.3 Å². The minimum Gasteiger partial charge on any atom is -0.434 e. The molecule has 1 saturated carbocycles. The van der Waals surface area contributed by atoms with Crippen molar-refractivity contribution in [1.29, 1.82) is 0 Å². The average Bonchev–Trinajstić information content (AvgIpc) is 3.30. The van der Waals surface area contributed by atoms with E-state index >= 15 is 0 Å². The summed E-state index contributed by atoms with van der Waals surface area (Å²) in [7, 11) is 0. The number of nitrogens with zero attached hydrogens (tertiary/aromatic N) is 6. The molecule has 5 aliphatic rings. The first kappa shape index (κ1) is 32.2. The molecule has 0 unspecified atom stereocenters. The molecule has 2 aromatic rings. The van der Waals surface area contributed by atoms with Crippen LogP contribution in [0.1, 0.15) is 83.0 Å². The van der Waals surface area contributed by atoms with Gasteiger partial charge in [0, 0.05) is 42.7 Å². The fourth-order valence-electron chi connectivity index (χ4n) is 8.85. The van der Waals surface area contributed by atoms with Gasteiger partial charge in [-0.3, -0.25) is 9.59 Å². The SMILES string of the molecule is CC(C)N(C(=O)c1cc(F)ccc1Oc1nncnc1N1CC2(CCN(CC3CCC4(CC3)CC3(COC3)C(=O)N4)CC2)C1)C(C)C. The van der Waals surface area contributed by atoms with Gasteiger partial charge in [-0.2, -0.15) is 0 Å². The monoisotopic (exact) mass is 649 g/mol. The highest BCUT2D eigenvalue weighted by atomic mass is 19.1. The molecule has 0 atom stereocenters. The van der Waals surface area contributed by atoms with E-state index in [2.05, 4.69) is 30.3 Å². The quantitative estimate of drug-likeness (QED) is 0.444. The van der Waals surface area contributed by atoms with Gasteiger partial charge in [0.1, 0.15) is 17.9 Å². The van der Waals surface area contributed by atoms with E-state index in [1.807, 2.05) is 27.7 Å². The summed E-state index contributed by atoms with van der Waals surface area (Å²) in [5.41, 5.74) is 0.127. The zero-order valence-corrected chi connectivity index (χ0v) is 28.1. The van der Waals surface area contributed by atoms with Gasteiger partial charge in [0.2, 0.25) is 5.91 Å². The van der Waals surface area contributed by atoms with Gasteiger partial charge in [-0.15, -0.1) is 10.2 Å². The minimum absolute atomic E-state index is 0.00651. The van der Waals surface area contributed by atoms with E-state index in [0.29, 0.717) is 24.9 Å². The molecule has 1 aliphatic carbocycles. The molecule has 3 spiro atoms. The van der Waals surface area contributed by atoms with E-state index < -0.39 is 5.82 Å². The van der Waals surface area contributed by atoms with E-state index in [4.69, 9.17) is 9.47 Å². The smallest absolute Gasteiger partial charge is 0.282 e. The second-order valence-corrected chi connectivity index (χ2v) is 15.5. The third-order valence-electron chi connectivity index (χ3n) is 11.4. The highest BCUT2D eigenvalue weighted by Crippen LogP contribution is 2.49. The van der Waals surface area contributed by atoms with Gasteiger partial charge in [0.25, 0.3) is 11.8 Å². The topological polar surface area (TPSA) is 113 Å². The molecule has 1 N–H and O–H groups in total. The second kappa shape index (κ2) is 12.3. The molecule has 1 aromatic carbocycles. The Balaban J connectivity index is 0.937. The van der Waals surface area contributed by atoms with Gasteiger partial charge in [-0.05, 0) is 110 Å². The summed E-state index contributed by atoms with van der Waals surface area (Å²) in [6.45, 7) is 14.0. The van der Waals surface area contributed by atoms with Crippen LogP contribution in [-0.4, -0.2) is 100 Å². The van der Waals surface area contributed by atoms with Crippen LogP contribution in [0.25, 0.3) is 0 Å². The summed E-state index contributed by atoms with van der Waals surface area (Å²) in [6.07, 6.45) is 9.12. The Morgan fingerprint density at radius 2 is 1.81 bits per heavy atom. The van der Waals surface area contributed by atoms with E-state index in [1.165, 1.54) is 37.4 Å². The molecule has 4 saturated heterocycles. The molecule has 11 nitrogen and oxygen atoms in total. The Morgan fingerprint density at radius 1 is 1.11 bits per heavy atom. The maximum Gasteiger partial charge on any atom is 0.282 e. The van der Waals surface area contributed by atoms with Gasteiger partial charge in [0.05, 0.1) is 24.2 Å². The molecule has 7 rings (SSSR count). The zero-order chi connectivity index (χ0) is 33.0. The lowest BCUT2D eigenvalue weighted by atomic mass is 9.70. The van der Waals surface area contributed by atoms with Gasteiger partial charge in [-0.25, -0.2) is 9.37 Å². The van der Waals surface area contributed by atoms with Gasteiger partial charge < -0.3 is 29.5 Å². The van der Waals surface area contributed by atoms with Crippen LogP contribution in [0.5, 0.6) is 11.6 Å². The number of nitrogens with one attached hydrogen (secondary N) is 1. The molecular formula is C35H48FN7O4. The molecule has 0 radical (unpaired) electrons. The van der Waals surface area contributed by atoms with Gasteiger partial charge in [0.15, 0.2) is 5.82 Å². The number of ether oxygens (including phenoxy) is 2. The van der Waals surface area contributed by atoms with Crippen molar-refractivity contribution in [2.75, 3.05) is 50.8 Å². The molecule has 254 valence electrons. The van der Waals surface area contributed by atoms with Crippen LogP contribution >= 0.6 is 0 Å². The number of anilines is 1. The number of rotatable bonds is 8. The van der Waals surface area contributed by atoms with Crippen LogP contribution in [0.3, 0.4) is 0 Å². The number of hydrogen-bond donors (Lipinski definition) is 1. The Labute approximate surface area is 276 Å². The second-order valence-electron chi connectivity index (χ2n) is 15.5. The highest BCUT2D eigenvalue weighted by molar-refractivity contribution is 5.97. The van der Waals surface area contributed by atoms with Gasteiger partial charge >= 0.3 is 0 Å². The molecule has 12 heteroatoms. The molecule has 4 aliphatic heterocycles. The van der Waals surface area contributed by atoms with Crippen molar-refractivity contribution in [3.63, 3.8) is 0 Å². The number of carbonyl (C=O) groups is 2. The van der Waals surface area contributed by atoms with Gasteiger partial charge in [-0.1, -0.05) is 0 Å². The zero-order valence-electron chi connectivity index (χ0n) is 28.1. The molecule has 5 fully saturated rings. The first-order valence-corrected chi connectivity index (χ1v) is 17.3. The third-order valence-corrected chi connectivity index (χ3v) is 11.4. The summed E-state index contributed by atoms with van der Waals surface area (Å²) in [4.78, 5) is 37.2. The molecule has 2 amide bonds. The number of likely N-dealkylation sites (tertiary alicyclic amines) is 1. The van der Waals surface area contributed by atoms with Crippen molar-refractivity contribution in [3.05, 3.63) is 35.9 Å². The average molecular weight is 650 g/mol. The van der Waals surface area contributed by atoms with Crippen molar-refractivity contribution < 1.29 is 23.5 Å². The maximum absolute atomic E-state index is 14.4. The van der Waals surface area contributed by atoms with Crippen LogP contribution in [-0.2, 0) is 9.53 Å². The van der Waals surface area contributed by atoms with Crippen molar-refractivity contribution in [2.24, 2.45) is 16.7 Å². The van der Waals surface area contributed by atoms with Crippen LogP contribution < -0.4 is 15.0 Å². The van der Waals surface area contributed by atoms with E-state index in [0.717, 1.165) is 64.8 Å². The van der Waals surface area contributed by atoms with Crippen molar-refractivity contribution in [2.45, 2.75) is 90.3 Å². The van der Waals surface area contributed by atoms with Crippen LogP contribution in [0.4, 0.5) is 10.2 Å². The lowest BCUT2D eigenvalue weighted by Gasteiger charge is -2.54. The lowest BCUT2D eigenvalue weighted by Crippen LogP contribution is -2.61. The minimum atomic E-state index is -0.506. The van der Waals surface area contributed by atoms with Crippen LogP contribution in [0.15, 0.2) is 24.5 Å². The molecule has 1 aromatic heterocycles. The fraction of sp³-hybridized carbons (Fsp3) is 0.686. The van der Waals surface area contributed by atoms with Crippen LogP contribution in [0.2, 0.25) is 0 Å². The van der Waals surface area contributed by atoms with E-state index in [9.17, 15) is 14.0 Å². The Morgan fingerprint density at radius 3 is 2.43 bits per heavy atom. The van der Waals surface area contributed by atoms with Crippen molar-refractivity contribution in [3.8, 4) is 11.6 Å². The fourth-order valence-corrected chi connectivity index (χ4v) is 8.85. The Kier molecular flexibility index (Phi) is 8.39. The third kappa shape index (κ3) is 6.07. The number of piperidine rings is 1. The number of aromatic nitrogens is 3. The van der Waals surface area contributed by atoms with E-state index in [1.54, 1.807) is 4.90 Å². The molecule has 0 bridgehead atoms. The highest BCUT2D eigenvalue weighted by Gasteiger charge is 2.58. The Hall–Kier alpha value is -3.38. The Bertz CT molecular complexity index is 1480. The molecule has 5 heterocycles. The first-order valence-electron chi connectivity index (χ1n) is 17.3. The molecule has 47 heavy (non-hydrogen) atoms.